The summed E-state index contributed by atoms with van der Waals surface area (Å²) in [7, 11) is 0. The van der Waals surface area contributed by atoms with Gasteiger partial charge in [-0.05, 0) is 43.0 Å². The second kappa shape index (κ2) is 8.48. The largest absolute Gasteiger partial charge is 0.481 e. The van der Waals surface area contributed by atoms with Crippen LogP contribution in [0.4, 0.5) is 0 Å². The van der Waals surface area contributed by atoms with Crippen LogP contribution in [0, 0.1) is 17.8 Å². The predicted molar refractivity (Wildman–Crippen MR) is 92.4 cm³/mol. The van der Waals surface area contributed by atoms with E-state index in [4.69, 9.17) is 5.11 Å². The van der Waals surface area contributed by atoms with E-state index in [1.807, 2.05) is 6.07 Å². The number of hydrogen-bond donors (Lipinski definition) is 2. The molecule has 1 aromatic rings. The molecule has 0 spiro atoms. The van der Waals surface area contributed by atoms with E-state index in [2.05, 4.69) is 30.6 Å². The van der Waals surface area contributed by atoms with Gasteiger partial charge >= 0.3 is 5.97 Å². The van der Waals surface area contributed by atoms with Crippen molar-refractivity contribution in [3.05, 3.63) is 22.4 Å². The molecule has 1 amide bonds. The Kier molecular flexibility index (Phi) is 6.63. The minimum atomic E-state index is -0.725. The zero-order chi connectivity index (χ0) is 16.8. The van der Waals surface area contributed by atoms with Gasteiger partial charge in [0.15, 0.2) is 0 Å². The molecule has 2 N–H and O–H groups in total. The van der Waals surface area contributed by atoms with Crippen molar-refractivity contribution >= 4 is 23.2 Å². The molecule has 1 aliphatic rings. The SMILES string of the molecule is CCC(CC)C(NC(=O)C1CCC(C(=O)O)CC1)c1cccs1. The van der Waals surface area contributed by atoms with Gasteiger partial charge in [0.1, 0.15) is 0 Å². The van der Waals surface area contributed by atoms with Crippen LogP contribution in [0.5, 0.6) is 0 Å². The van der Waals surface area contributed by atoms with Crippen molar-refractivity contribution in [3.63, 3.8) is 0 Å². The Hall–Kier alpha value is -1.36. The second-order valence-corrected chi connectivity index (χ2v) is 7.44. The molecule has 0 aliphatic heterocycles. The third-order valence-corrected chi connectivity index (χ3v) is 6.07. The van der Waals surface area contributed by atoms with Gasteiger partial charge in [-0.15, -0.1) is 11.3 Å². The van der Waals surface area contributed by atoms with Crippen LogP contribution in [-0.2, 0) is 9.59 Å². The number of carbonyl (C=O) groups is 2. The summed E-state index contributed by atoms with van der Waals surface area (Å²) in [5.74, 6) is -0.502. The molecule has 1 unspecified atom stereocenters. The van der Waals surface area contributed by atoms with Crippen LogP contribution in [0.25, 0.3) is 0 Å². The van der Waals surface area contributed by atoms with Gasteiger partial charge in [0.05, 0.1) is 12.0 Å². The molecule has 1 fully saturated rings. The van der Waals surface area contributed by atoms with Crippen molar-refractivity contribution in [1.29, 1.82) is 0 Å². The number of carboxylic acids is 1. The first-order chi connectivity index (χ1) is 11.1. The number of amides is 1. The molecule has 1 atom stereocenters. The number of carboxylic acid groups (broad SMARTS) is 1. The highest BCUT2D eigenvalue weighted by molar-refractivity contribution is 7.10. The standard InChI is InChI=1S/C18H27NO3S/c1-3-12(4-2)16(15-6-5-11-23-15)19-17(20)13-7-9-14(10-8-13)18(21)22/h5-6,11-14,16H,3-4,7-10H2,1-2H3,(H,19,20)(H,21,22). The molecule has 0 radical (unpaired) electrons. The van der Waals surface area contributed by atoms with Crippen molar-refractivity contribution in [2.75, 3.05) is 0 Å². The summed E-state index contributed by atoms with van der Waals surface area (Å²) in [4.78, 5) is 24.9. The van der Waals surface area contributed by atoms with Crippen LogP contribution in [-0.4, -0.2) is 17.0 Å². The summed E-state index contributed by atoms with van der Waals surface area (Å²) >= 11 is 1.69. The molecule has 1 aliphatic carbocycles. The van der Waals surface area contributed by atoms with E-state index in [-0.39, 0.29) is 23.8 Å². The number of aliphatic carboxylic acids is 1. The topological polar surface area (TPSA) is 66.4 Å². The van der Waals surface area contributed by atoms with Crippen molar-refractivity contribution in [2.24, 2.45) is 17.8 Å². The third-order valence-electron chi connectivity index (χ3n) is 5.11. The van der Waals surface area contributed by atoms with Crippen LogP contribution < -0.4 is 5.32 Å². The highest BCUT2D eigenvalue weighted by Gasteiger charge is 2.32. The van der Waals surface area contributed by atoms with Crippen LogP contribution in [0.15, 0.2) is 17.5 Å². The number of carbonyl (C=O) groups excluding carboxylic acids is 1. The molecule has 2 rings (SSSR count). The molecular formula is C18H27NO3S. The Morgan fingerprint density at radius 2 is 1.83 bits per heavy atom. The Balaban J connectivity index is 1.99. The second-order valence-electron chi connectivity index (χ2n) is 6.47. The minimum absolute atomic E-state index is 0.0394. The molecule has 128 valence electrons. The maximum atomic E-state index is 12.7. The Morgan fingerprint density at radius 1 is 1.22 bits per heavy atom. The fourth-order valence-corrected chi connectivity index (χ4v) is 4.39. The highest BCUT2D eigenvalue weighted by Crippen LogP contribution is 2.33. The first-order valence-electron chi connectivity index (χ1n) is 8.63. The molecule has 5 heteroatoms. The van der Waals surface area contributed by atoms with Crippen LogP contribution >= 0.6 is 11.3 Å². The normalized spacial score (nSPS) is 22.7. The van der Waals surface area contributed by atoms with Gasteiger partial charge in [-0.3, -0.25) is 9.59 Å². The Morgan fingerprint density at radius 3 is 2.30 bits per heavy atom. The summed E-state index contributed by atoms with van der Waals surface area (Å²) in [6.07, 6.45) is 4.66. The fourth-order valence-electron chi connectivity index (χ4n) is 3.52. The number of rotatable bonds is 7. The Bertz CT molecular complexity index is 502. The summed E-state index contributed by atoms with van der Waals surface area (Å²) in [6, 6.07) is 4.20. The molecule has 1 heterocycles. The maximum absolute atomic E-state index is 12.7. The molecule has 4 nitrogen and oxygen atoms in total. The number of thiophene rings is 1. The molecular weight excluding hydrogens is 310 g/mol. The van der Waals surface area contributed by atoms with Crippen LogP contribution in [0.3, 0.4) is 0 Å². The highest BCUT2D eigenvalue weighted by atomic mass is 32.1. The Labute approximate surface area is 142 Å². The summed E-state index contributed by atoms with van der Waals surface area (Å²) in [5.41, 5.74) is 0. The van der Waals surface area contributed by atoms with Gasteiger partial charge in [0, 0.05) is 10.8 Å². The van der Waals surface area contributed by atoms with Gasteiger partial charge in [0.2, 0.25) is 5.91 Å². The first-order valence-corrected chi connectivity index (χ1v) is 9.51. The van der Waals surface area contributed by atoms with Crippen LogP contribution in [0.1, 0.15) is 63.3 Å². The van der Waals surface area contributed by atoms with Gasteiger partial charge in [0.25, 0.3) is 0 Å². The molecule has 1 aromatic heterocycles. The monoisotopic (exact) mass is 337 g/mol. The van der Waals surface area contributed by atoms with E-state index in [9.17, 15) is 9.59 Å². The van der Waals surface area contributed by atoms with Gasteiger partial charge in [-0.1, -0.05) is 32.8 Å². The summed E-state index contributed by atoms with van der Waals surface area (Å²) < 4.78 is 0. The smallest absolute Gasteiger partial charge is 0.306 e. The molecule has 0 bridgehead atoms. The lowest BCUT2D eigenvalue weighted by Crippen LogP contribution is -2.38. The summed E-state index contributed by atoms with van der Waals surface area (Å²) in [6.45, 7) is 4.33. The quantitative estimate of drug-likeness (QED) is 0.782. The first kappa shape index (κ1) is 18.0. The molecule has 0 saturated heterocycles. The zero-order valence-electron chi connectivity index (χ0n) is 14.0. The van der Waals surface area contributed by atoms with E-state index in [0.717, 1.165) is 12.8 Å². The maximum Gasteiger partial charge on any atom is 0.306 e. The van der Waals surface area contributed by atoms with Crippen LogP contribution in [0.2, 0.25) is 0 Å². The summed E-state index contributed by atoms with van der Waals surface area (Å²) in [5, 5.41) is 14.4. The van der Waals surface area contributed by atoms with E-state index in [0.29, 0.717) is 31.6 Å². The van der Waals surface area contributed by atoms with E-state index in [1.54, 1.807) is 11.3 Å². The van der Waals surface area contributed by atoms with E-state index in [1.165, 1.54) is 4.88 Å². The van der Waals surface area contributed by atoms with Gasteiger partial charge in [-0.2, -0.15) is 0 Å². The van der Waals surface area contributed by atoms with Crippen molar-refractivity contribution in [3.8, 4) is 0 Å². The minimum Gasteiger partial charge on any atom is -0.481 e. The lowest BCUT2D eigenvalue weighted by molar-refractivity contribution is -0.144. The van der Waals surface area contributed by atoms with Crippen molar-refractivity contribution in [1.82, 2.24) is 5.32 Å². The average Bonchev–Trinajstić information content (AvgIpc) is 3.09. The van der Waals surface area contributed by atoms with Crippen molar-refractivity contribution < 1.29 is 14.7 Å². The van der Waals surface area contributed by atoms with Gasteiger partial charge < -0.3 is 10.4 Å². The third kappa shape index (κ3) is 4.56. The van der Waals surface area contributed by atoms with Gasteiger partial charge in [-0.25, -0.2) is 0 Å². The number of hydrogen-bond acceptors (Lipinski definition) is 3. The lowest BCUT2D eigenvalue weighted by Gasteiger charge is -2.30. The fraction of sp³-hybridized carbons (Fsp3) is 0.667. The van der Waals surface area contributed by atoms with Crippen molar-refractivity contribution in [2.45, 2.75) is 58.4 Å². The number of nitrogens with one attached hydrogen (secondary N) is 1. The molecule has 1 saturated carbocycles. The lowest BCUT2D eigenvalue weighted by atomic mass is 9.81. The zero-order valence-corrected chi connectivity index (χ0v) is 14.8. The average molecular weight is 337 g/mol. The predicted octanol–water partition coefficient (Wildman–Crippen LogP) is 4.23. The van der Waals surface area contributed by atoms with E-state index < -0.39 is 5.97 Å². The molecule has 23 heavy (non-hydrogen) atoms. The molecule has 0 aromatic carbocycles. The van der Waals surface area contributed by atoms with E-state index >= 15 is 0 Å².